The number of halogens is 1. The SMILES string of the molecule is Cn1ccnc(NC(=O)NCCn2cc(Cl)cn2)c1=O. The van der Waals surface area contributed by atoms with Crippen LogP contribution in [0.2, 0.25) is 5.02 Å². The van der Waals surface area contributed by atoms with Crippen LogP contribution < -0.4 is 16.2 Å². The van der Waals surface area contributed by atoms with Crippen LogP contribution in [0.4, 0.5) is 10.6 Å². The molecule has 0 aliphatic heterocycles. The first-order valence-electron chi connectivity index (χ1n) is 5.80. The molecule has 2 heterocycles. The molecule has 2 aromatic rings. The van der Waals surface area contributed by atoms with Crippen LogP contribution in [0.15, 0.2) is 29.6 Å². The molecule has 0 aromatic carbocycles. The van der Waals surface area contributed by atoms with Crippen LogP contribution in [-0.2, 0) is 13.6 Å². The summed E-state index contributed by atoms with van der Waals surface area (Å²) >= 11 is 5.71. The molecule has 0 fully saturated rings. The number of aromatic nitrogens is 4. The normalized spacial score (nSPS) is 10.3. The van der Waals surface area contributed by atoms with Gasteiger partial charge >= 0.3 is 6.03 Å². The molecule has 8 nitrogen and oxygen atoms in total. The maximum atomic E-state index is 11.6. The average Bonchev–Trinajstić information content (AvgIpc) is 2.81. The van der Waals surface area contributed by atoms with Gasteiger partial charge in [-0.15, -0.1) is 0 Å². The molecule has 0 spiro atoms. The Morgan fingerprint density at radius 2 is 2.30 bits per heavy atom. The molecule has 106 valence electrons. The van der Waals surface area contributed by atoms with E-state index in [-0.39, 0.29) is 11.4 Å². The number of carbonyl (C=O) groups is 1. The smallest absolute Gasteiger partial charge is 0.320 e. The predicted molar refractivity (Wildman–Crippen MR) is 73.7 cm³/mol. The molecule has 2 N–H and O–H groups in total. The van der Waals surface area contributed by atoms with E-state index in [9.17, 15) is 9.59 Å². The van der Waals surface area contributed by atoms with E-state index in [0.29, 0.717) is 18.1 Å². The van der Waals surface area contributed by atoms with Gasteiger partial charge in [0, 0.05) is 32.2 Å². The minimum atomic E-state index is -0.501. The summed E-state index contributed by atoms with van der Waals surface area (Å²) in [5, 5.41) is 9.49. The monoisotopic (exact) mass is 296 g/mol. The number of carbonyl (C=O) groups excluding carboxylic acids is 1. The summed E-state index contributed by atoms with van der Waals surface area (Å²) in [7, 11) is 1.58. The Bertz CT molecular complexity index is 665. The number of aryl methyl sites for hydroxylation is 1. The number of urea groups is 1. The highest BCUT2D eigenvalue weighted by molar-refractivity contribution is 6.30. The Kier molecular flexibility index (Phi) is 4.36. The minimum Gasteiger partial charge on any atom is -0.336 e. The highest BCUT2D eigenvalue weighted by Crippen LogP contribution is 2.03. The lowest BCUT2D eigenvalue weighted by atomic mass is 10.6. The second-order valence-corrected chi connectivity index (χ2v) is 4.43. The number of anilines is 1. The number of amides is 2. The third-order valence-electron chi connectivity index (χ3n) is 2.48. The van der Waals surface area contributed by atoms with Crippen molar-refractivity contribution in [3.63, 3.8) is 0 Å². The summed E-state index contributed by atoms with van der Waals surface area (Å²) in [5.41, 5.74) is -0.374. The van der Waals surface area contributed by atoms with E-state index in [2.05, 4.69) is 20.7 Å². The molecule has 20 heavy (non-hydrogen) atoms. The van der Waals surface area contributed by atoms with E-state index in [0.717, 1.165) is 0 Å². The van der Waals surface area contributed by atoms with Gasteiger partial charge in [-0.2, -0.15) is 5.10 Å². The third kappa shape index (κ3) is 3.58. The first kappa shape index (κ1) is 14.1. The van der Waals surface area contributed by atoms with Crippen molar-refractivity contribution in [3.05, 3.63) is 40.2 Å². The molecule has 2 amide bonds. The van der Waals surface area contributed by atoms with Crippen molar-refractivity contribution in [3.8, 4) is 0 Å². The van der Waals surface area contributed by atoms with Crippen molar-refractivity contribution in [2.45, 2.75) is 6.54 Å². The first-order valence-corrected chi connectivity index (χ1v) is 6.18. The van der Waals surface area contributed by atoms with Gasteiger partial charge in [0.25, 0.3) is 5.56 Å². The van der Waals surface area contributed by atoms with E-state index in [1.807, 2.05) is 0 Å². The highest BCUT2D eigenvalue weighted by Gasteiger charge is 2.07. The van der Waals surface area contributed by atoms with E-state index in [1.165, 1.54) is 23.2 Å². The molecule has 2 aromatic heterocycles. The number of nitrogens with one attached hydrogen (secondary N) is 2. The molecule has 0 unspecified atom stereocenters. The van der Waals surface area contributed by atoms with Crippen LogP contribution in [0.5, 0.6) is 0 Å². The fourth-order valence-electron chi connectivity index (χ4n) is 1.48. The molecule has 0 aliphatic carbocycles. The number of rotatable bonds is 4. The van der Waals surface area contributed by atoms with E-state index in [4.69, 9.17) is 11.6 Å². The zero-order chi connectivity index (χ0) is 14.5. The largest absolute Gasteiger partial charge is 0.336 e. The van der Waals surface area contributed by atoms with Crippen molar-refractivity contribution in [1.29, 1.82) is 0 Å². The summed E-state index contributed by atoms with van der Waals surface area (Å²) in [4.78, 5) is 27.0. The summed E-state index contributed by atoms with van der Waals surface area (Å²) in [5.74, 6) is -0.0189. The maximum Gasteiger partial charge on any atom is 0.320 e. The van der Waals surface area contributed by atoms with Gasteiger partial charge in [-0.05, 0) is 0 Å². The van der Waals surface area contributed by atoms with Gasteiger partial charge in [-0.3, -0.25) is 14.8 Å². The van der Waals surface area contributed by atoms with Gasteiger partial charge in [0.15, 0.2) is 0 Å². The quantitative estimate of drug-likeness (QED) is 0.856. The molecular weight excluding hydrogens is 284 g/mol. The van der Waals surface area contributed by atoms with Gasteiger partial charge in [-0.1, -0.05) is 11.6 Å². The Hall–Kier alpha value is -2.35. The highest BCUT2D eigenvalue weighted by atomic mass is 35.5. The molecule has 0 aliphatic rings. The van der Waals surface area contributed by atoms with E-state index in [1.54, 1.807) is 17.9 Å². The van der Waals surface area contributed by atoms with E-state index >= 15 is 0 Å². The van der Waals surface area contributed by atoms with Crippen LogP contribution in [0.3, 0.4) is 0 Å². The number of hydrogen-bond acceptors (Lipinski definition) is 4. The molecule has 0 radical (unpaired) electrons. The van der Waals surface area contributed by atoms with Crippen LogP contribution in [-0.4, -0.2) is 31.9 Å². The lowest BCUT2D eigenvalue weighted by Gasteiger charge is -2.07. The Balaban J connectivity index is 1.84. The van der Waals surface area contributed by atoms with Crippen LogP contribution in [0.1, 0.15) is 0 Å². The molecule has 0 bridgehead atoms. The maximum absolute atomic E-state index is 11.6. The van der Waals surface area contributed by atoms with Crippen molar-refractivity contribution >= 4 is 23.4 Å². The molecule has 0 saturated heterocycles. The summed E-state index contributed by atoms with van der Waals surface area (Å²) < 4.78 is 2.93. The molecular formula is C11H13ClN6O2. The fraction of sp³-hybridized carbons (Fsp3) is 0.273. The van der Waals surface area contributed by atoms with Gasteiger partial charge in [0.2, 0.25) is 5.82 Å². The van der Waals surface area contributed by atoms with Crippen LogP contribution in [0, 0.1) is 0 Å². The lowest BCUT2D eigenvalue weighted by molar-refractivity contribution is 0.251. The summed E-state index contributed by atoms with van der Waals surface area (Å²) in [6, 6.07) is -0.501. The topological polar surface area (TPSA) is 93.8 Å². The Labute approximate surface area is 119 Å². The number of hydrogen-bond donors (Lipinski definition) is 2. The second kappa shape index (κ2) is 6.20. The zero-order valence-electron chi connectivity index (χ0n) is 10.7. The number of nitrogens with zero attached hydrogens (tertiary/aromatic N) is 4. The summed E-state index contributed by atoms with van der Waals surface area (Å²) in [6.45, 7) is 0.817. The van der Waals surface area contributed by atoms with Crippen molar-refractivity contribution in [1.82, 2.24) is 24.6 Å². The van der Waals surface area contributed by atoms with Crippen molar-refractivity contribution < 1.29 is 4.79 Å². The molecule has 9 heteroatoms. The Morgan fingerprint density at radius 3 is 3.00 bits per heavy atom. The van der Waals surface area contributed by atoms with Crippen molar-refractivity contribution in [2.24, 2.45) is 7.05 Å². The van der Waals surface area contributed by atoms with Gasteiger partial charge in [-0.25, -0.2) is 9.78 Å². The standard InChI is InChI=1S/C11H13ClN6O2/c1-17-4-2-13-9(10(17)19)16-11(20)14-3-5-18-7-8(12)6-15-18/h2,4,6-7H,3,5H2,1H3,(H2,13,14,16,20). The molecule has 0 atom stereocenters. The zero-order valence-corrected chi connectivity index (χ0v) is 11.5. The molecule has 2 rings (SSSR count). The van der Waals surface area contributed by atoms with Gasteiger partial charge in [0.1, 0.15) is 0 Å². The van der Waals surface area contributed by atoms with E-state index < -0.39 is 6.03 Å². The summed E-state index contributed by atoms with van der Waals surface area (Å²) in [6.07, 6.45) is 6.10. The van der Waals surface area contributed by atoms with Crippen molar-refractivity contribution in [2.75, 3.05) is 11.9 Å². The molecule has 0 saturated carbocycles. The van der Waals surface area contributed by atoms with Gasteiger partial charge in [0.05, 0.1) is 17.8 Å². The Morgan fingerprint density at radius 1 is 1.50 bits per heavy atom. The lowest BCUT2D eigenvalue weighted by Crippen LogP contribution is -2.34. The minimum absolute atomic E-state index is 0.0189. The van der Waals surface area contributed by atoms with Crippen LogP contribution >= 0.6 is 11.6 Å². The van der Waals surface area contributed by atoms with Crippen LogP contribution in [0.25, 0.3) is 0 Å². The van der Waals surface area contributed by atoms with Gasteiger partial charge < -0.3 is 9.88 Å². The fourth-order valence-corrected chi connectivity index (χ4v) is 1.64. The first-order chi connectivity index (χ1) is 9.56. The predicted octanol–water partition coefficient (Wildman–Crippen LogP) is 0.452. The average molecular weight is 297 g/mol. The second-order valence-electron chi connectivity index (χ2n) is 3.99. The third-order valence-corrected chi connectivity index (χ3v) is 2.67.